The number of carbonyl (C=O) groups is 1. The number of ether oxygens (including phenoxy) is 1. The Morgan fingerprint density at radius 2 is 2.17 bits per heavy atom. The van der Waals surface area contributed by atoms with Crippen molar-refractivity contribution in [2.75, 3.05) is 12.4 Å². The minimum atomic E-state index is -0.322. The van der Waals surface area contributed by atoms with Crippen molar-refractivity contribution >= 4 is 22.2 Å². The average molecular weight is 344 g/mol. The number of phenols is 1. The molecule has 2 atom stereocenters. The Morgan fingerprint density at radius 1 is 1.33 bits per heavy atom. The number of nitrogens with one attached hydrogen (secondary N) is 2. The molecule has 0 saturated carbocycles. The molecule has 0 unspecified atom stereocenters. The molecule has 126 valence electrons. The number of hydrogen-bond donors (Lipinski definition) is 3. The molecule has 0 saturated heterocycles. The van der Waals surface area contributed by atoms with E-state index in [-0.39, 0.29) is 17.8 Å². The van der Waals surface area contributed by atoms with Crippen LogP contribution in [0, 0.1) is 5.92 Å². The molecule has 0 spiro atoms. The fourth-order valence-electron chi connectivity index (χ4n) is 3.50. The molecular formula is C18H20N2O3S. The van der Waals surface area contributed by atoms with E-state index in [9.17, 15) is 9.90 Å². The van der Waals surface area contributed by atoms with E-state index in [2.05, 4.69) is 17.6 Å². The third kappa shape index (κ3) is 2.41. The molecule has 1 aliphatic carbocycles. The van der Waals surface area contributed by atoms with Crippen molar-refractivity contribution in [2.24, 2.45) is 5.92 Å². The smallest absolute Gasteiger partial charge is 0.256 e. The van der Waals surface area contributed by atoms with Gasteiger partial charge in [0.05, 0.1) is 12.7 Å². The van der Waals surface area contributed by atoms with Gasteiger partial charge in [0, 0.05) is 4.88 Å². The quantitative estimate of drug-likeness (QED) is 0.780. The normalized spacial score (nSPS) is 22.2. The van der Waals surface area contributed by atoms with Gasteiger partial charge < -0.3 is 20.5 Å². The van der Waals surface area contributed by atoms with E-state index in [0.717, 1.165) is 35.4 Å². The van der Waals surface area contributed by atoms with Crippen LogP contribution >= 0.6 is 11.3 Å². The maximum Gasteiger partial charge on any atom is 0.256 e. The summed E-state index contributed by atoms with van der Waals surface area (Å²) in [6, 6.07) is 5.11. The van der Waals surface area contributed by atoms with Gasteiger partial charge in [-0.05, 0) is 48.4 Å². The van der Waals surface area contributed by atoms with Crippen LogP contribution in [-0.2, 0) is 12.8 Å². The van der Waals surface area contributed by atoms with Crippen LogP contribution in [0.15, 0.2) is 18.2 Å². The first kappa shape index (κ1) is 15.3. The van der Waals surface area contributed by atoms with Gasteiger partial charge in [0.2, 0.25) is 0 Å². The minimum Gasteiger partial charge on any atom is -0.504 e. The summed E-state index contributed by atoms with van der Waals surface area (Å²) in [6.07, 6.45) is 2.86. The van der Waals surface area contributed by atoms with E-state index in [1.165, 1.54) is 17.6 Å². The van der Waals surface area contributed by atoms with Gasteiger partial charge in [-0.1, -0.05) is 13.0 Å². The molecule has 6 heteroatoms. The van der Waals surface area contributed by atoms with Crippen LogP contribution in [0.25, 0.3) is 0 Å². The molecule has 5 nitrogen and oxygen atoms in total. The Kier molecular flexibility index (Phi) is 3.64. The van der Waals surface area contributed by atoms with E-state index in [1.54, 1.807) is 29.5 Å². The number of carbonyl (C=O) groups excluding carboxylic acids is 1. The highest BCUT2D eigenvalue weighted by atomic mass is 32.1. The molecule has 24 heavy (non-hydrogen) atoms. The second-order valence-corrected chi connectivity index (χ2v) is 7.64. The molecule has 3 N–H and O–H groups in total. The molecule has 2 heterocycles. The van der Waals surface area contributed by atoms with Crippen LogP contribution in [0.1, 0.15) is 45.9 Å². The highest BCUT2D eigenvalue weighted by Gasteiger charge is 2.33. The Morgan fingerprint density at radius 3 is 2.96 bits per heavy atom. The van der Waals surface area contributed by atoms with Crippen LogP contribution in [0.2, 0.25) is 0 Å². The van der Waals surface area contributed by atoms with Crippen molar-refractivity contribution in [2.45, 2.75) is 32.4 Å². The highest BCUT2D eigenvalue weighted by Crippen LogP contribution is 2.43. The van der Waals surface area contributed by atoms with Crippen molar-refractivity contribution in [1.29, 1.82) is 0 Å². The number of benzene rings is 1. The first-order valence-corrected chi connectivity index (χ1v) is 8.97. The van der Waals surface area contributed by atoms with Crippen LogP contribution in [0.5, 0.6) is 11.5 Å². The summed E-state index contributed by atoms with van der Waals surface area (Å²) in [6.45, 7) is 2.26. The number of phenolic OH excluding ortho intramolecular Hbond substituents is 1. The lowest BCUT2D eigenvalue weighted by molar-refractivity contribution is 0.0935. The number of amides is 1. The third-order valence-electron chi connectivity index (χ3n) is 4.83. The lowest BCUT2D eigenvalue weighted by Gasteiger charge is -2.27. The topological polar surface area (TPSA) is 70.6 Å². The molecule has 2 aromatic rings. The molecule has 4 rings (SSSR count). The molecule has 1 aliphatic heterocycles. The monoisotopic (exact) mass is 344 g/mol. The summed E-state index contributed by atoms with van der Waals surface area (Å²) in [4.78, 5) is 14.0. The molecular weight excluding hydrogens is 324 g/mol. The van der Waals surface area contributed by atoms with E-state index < -0.39 is 0 Å². The van der Waals surface area contributed by atoms with Gasteiger partial charge in [-0.2, -0.15) is 0 Å². The maximum absolute atomic E-state index is 12.7. The summed E-state index contributed by atoms with van der Waals surface area (Å²) in [7, 11) is 1.51. The van der Waals surface area contributed by atoms with E-state index in [4.69, 9.17) is 4.74 Å². The number of thiophene rings is 1. The average Bonchev–Trinajstić information content (AvgIpc) is 2.92. The maximum atomic E-state index is 12.7. The predicted octanol–water partition coefficient (Wildman–Crippen LogP) is 3.44. The van der Waals surface area contributed by atoms with Gasteiger partial charge >= 0.3 is 0 Å². The summed E-state index contributed by atoms with van der Waals surface area (Å²) in [5.74, 6) is 1.14. The zero-order chi connectivity index (χ0) is 16.8. The molecule has 1 aromatic carbocycles. The van der Waals surface area contributed by atoms with E-state index in [1.807, 2.05) is 0 Å². The fraction of sp³-hybridized carbons (Fsp3) is 0.389. The number of hydrogen-bond acceptors (Lipinski definition) is 5. The second-order valence-electron chi connectivity index (χ2n) is 6.54. The van der Waals surface area contributed by atoms with Crippen LogP contribution in [0.3, 0.4) is 0 Å². The van der Waals surface area contributed by atoms with E-state index >= 15 is 0 Å². The number of anilines is 1. The second kappa shape index (κ2) is 5.70. The highest BCUT2D eigenvalue weighted by molar-refractivity contribution is 7.16. The molecule has 2 aliphatic rings. The van der Waals surface area contributed by atoms with Gasteiger partial charge in [-0.25, -0.2) is 0 Å². The van der Waals surface area contributed by atoms with Crippen molar-refractivity contribution in [3.05, 3.63) is 39.8 Å². The molecule has 0 radical (unpaired) electrons. The van der Waals surface area contributed by atoms with Gasteiger partial charge in [-0.3, -0.25) is 4.79 Å². The lowest BCUT2D eigenvalue weighted by Crippen LogP contribution is -2.38. The van der Waals surface area contributed by atoms with Gasteiger partial charge in [0.1, 0.15) is 11.2 Å². The number of methoxy groups -OCH3 is 1. The molecule has 0 bridgehead atoms. The zero-order valence-corrected chi connectivity index (χ0v) is 14.5. The SMILES string of the molecule is COc1cc([C@H]2NC(=O)c3c(sc4c3CC[C@@H](C)C4)N2)ccc1O. The van der Waals surface area contributed by atoms with Crippen molar-refractivity contribution in [3.8, 4) is 11.5 Å². The Balaban J connectivity index is 1.68. The summed E-state index contributed by atoms with van der Waals surface area (Å²) >= 11 is 1.70. The summed E-state index contributed by atoms with van der Waals surface area (Å²) in [5, 5.41) is 17.2. The van der Waals surface area contributed by atoms with Crippen molar-refractivity contribution in [1.82, 2.24) is 5.32 Å². The van der Waals surface area contributed by atoms with Gasteiger partial charge in [0.25, 0.3) is 5.91 Å². The number of rotatable bonds is 2. The first-order chi connectivity index (χ1) is 11.6. The van der Waals surface area contributed by atoms with Crippen LogP contribution in [-0.4, -0.2) is 18.1 Å². The Hall–Kier alpha value is -2.21. The minimum absolute atomic E-state index is 0.0205. The summed E-state index contributed by atoms with van der Waals surface area (Å²) in [5.41, 5.74) is 2.90. The molecule has 1 amide bonds. The fourth-order valence-corrected chi connectivity index (χ4v) is 4.94. The number of aromatic hydroxyl groups is 1. The van der Waals surface area contributed by atoms with Crippen molar-refractivity contribution < 1.29 is 14.6 Å². The largest absolute Gasteiger partial charge is 0.504 e. The Bertz CT molecular complexity index is 815. The van der Waals surface area contributed by atoms with Crippen molar-refractivity contribution in [3.63, 3.8) is 0 Å². The number of fused-ring (bicyclic) bond motifs is 3. The standard InChI is InChI=1S/C18H20N2O3S/c1-9-3-5-11-14(7-9)24-18-15(11)17(22)19-16(20-18)10-4-6-12(21)13(8-10)23-2/h4,6,8-9,16,20-21H,3,5,7H2,1-2H3,(H,19,22)/t9-,16+/m1/s1. The zero-order valence-electron chi connectivity index (χ0n) is 13.7. The lowest BCUT2D eigenvalue weighted by atomic mass is 9.88. The van der Waals surface area contributed by atoms with Gasteiger partial charge in [-0.15, -0.1) is 11.3 Å². The molecule has 1 aromatic heterocycles. The Labute approximate surface area is 144 Å². The van der Waals surface area contributed by atoms with E-state index in [0.29, 0.717) is 11.7 Å². The van der Waals surface area contributed by atoms with Gasteiger partial charge in [0.15, 0.2) is 11.5 Å². The summed E-state index contributed by atoms with van der Waals surface area (Å²) < 4.78 is 5.16. The molecule has 0 fully saturated rings. The van der Waals surface area contributed by atoms with Crippen LogP contribution < -0.4 is 15.4 Å². The van der Waals surface area contributed by atoms with Crippen LogP contribution in [0.4, 0.5) is 5.00 Å². The predicted molar refractivity (Wildman–Crippen MR) is 94.0 cm³/mol. The first-order valence-electron chi connectivity index (χ1n) is 8.15. The third-order valence-corrected chi connectivity index (χ3v) is 6.01.